The molecule has 0 aromatic carbocycles. The van der Waals surface area contributed by atoms with Crippen LogP contribution in [0.1, 0.15) is 19.5 Å². The molecule has 0 saturated carbocycles. The van der Waals surface area contributed by atoms with E-state index in [0.29, 0.717) is 0 Å². The van der Waals surface area contributed by atoms with Crippen LogP contribution in [0.2, 0.25) is 0 Å². The fraction of sp³-hybridized carbons (Fsp3) is 0.556. The van der Waals surface area contributed by atoms with Gasteiger partial charge in [-0.1, -0.05) is 0 Å². The van der Waals surface area contributed by atoms with E-state index in [2.05, 4.69) is 10.3 Å². The van der Waals surface area contributed by atoms with Crippen LogP contribution < -0.4 is 5.32 Å². The van der Waals surface area contributed by atoms with E-state index in [0.717, 1.165) is 12.2 Å². The Morgan fingerprint density at radius 1 is 1.58 bits per heavy atom. The van der Waals surface area contributed by atoms with Crippen molar-refractivity contribution in [2.45, 2.75) is 25.9 Å². The van der Waals surface area contributed by atoms with E-state index in [9.17, 15) is 0 Å². The van der Waals surface area contributed by atoms with Crippen LogP contribution in [0.5, 0.6) is 0 Å². The molecule has 1 aromatic rings. The Hall–Kier alpha value is -0.800. The minimum absolute atomic E-state index is 0.147. The van der Waals surface area contributed by atoms with Crippen LogP contribution in [-0.2, 0) is 6.54 Å². The molecule has 1 heterocycles. The number of hydrogen-bond donors (Lipinski definition) is 3. The molecule has 1 rings (SSSR count). The van der Waals surface area contributed by atoms with E-state index in [4.69, 9.17) is 5.11 Å². The maximum Gasteiger partial charge on any atom is 0.0607 e. The molecule has 3 heteroatoms. The van der Waals surface area contributed by atoms with Gasteiger partial charge in [0.15, 0.2) is 0 Å². The molecule has 3 N–H and O–H groups in total. The number of nitrogens with one attached hydrogen (secondary N) is 2. The fourth-order valence-corrected chi connectivity index (χ4v) is 0.868. The second kappa shape index (κ2) is 3.74. The van der Waals surface area contributed by atoms with E-state index >= 15 is 0 Å². The number of aliphatic hydroxyl groups is 1. The molecule has 0 amide bonds. The summed E-state index contributed by atoms with van der Waals surface area (Å²) in [4.78, 5) is 3.09. The lowest BCUT2D eigenvalue weighted by Crippen LogP contribution is -2.42. The van der Waals surface area contributed by atoms with Gasteiger partial charge in [0.1, 0.15) is 0 Å². The average molecular weight is 168 g/mol. The van der Waals surface area contributed by atoms with Gasteiger partial charge < -0.3 is 15.4 Å². The number of H-pyrrole nitrogens is 1. The van der Waals surface area contributed by atoms with Gasteiger partial charge in [-0.15, -0.1) is 0 Å². The summed E-state index contributed by atoms with van der Waals surface area (Å²) in [5.41, 5.74) is 0.932. The van der Waals surface area contributed by atoms with Gasteiger partial charge >= 0.3 is 0 Å². The van der Waals surface area contributed by atoms with Crippen molar-refractivity contribution in [3.05, 3.63) is 24.0 Å². The summed E-state index contributed by atoms with van der Waals surface area (Å²) >= 11 is 0. The molecule has 3 nitrogen and oxygen atoms in total. The Bertz CT molecular complexity index is 216. The van der Waals surface area contributed by atoms with Crippen LogP contribution in [0.3, 0.4) is 0 Å². The third-order valence-electron chi connectivity index (χ3n) is 1.82. The van der Waals surface area contributed by atoms with Gasteiger partial charge in [0, 0.05) is 24.0 Å². The average Bonchev–Trinajstić information content (AvgIpc) is 2.53. The quantitative estimate of drug-likeness (QED) is 0.625. The molecule has 0 aliphatic carbocycles. The van der Waals surface area contributed by atoms with E-state index in [1.54, 1.807) is 0 Å². The maximum atomic E-state index is 8.95. The molecule has 0 aliphatic rings. The Balaban J connectivity index is 2.36. The first-order valence-electron chi connectivity index (χ1n) is 4.12. The zero-order valence-corrected chi connectivity index (χ0v) is 7.59. The minimum atomic E-state index is -0.203. The van der Waals surface area contributed by atoms with Gasteiger partial charge in [0.25, 0.3) is 0 Å². The molecule has 0 spiro atoms. The highest BCUT2D eigenvalue weighted by atomic mass is 16.3. The summed E-state index contributed by atoms with van der Waals surface area (Å²) in [5.74, 6) is 0. The van der Waals surface area contributed by atoms with E-state index in [1.165, 1.54) is 0 Å². The highest BCUT2D eigenvalue weighted by Crippen LogP contribution is 2.02. The first-order chi connectivity index (χ1) is 5.64. The number of rotatable bonds is 4. The molecule has 68 valence electrons. The molecular weight excluding hydrogens is 152 g/mol. The highest BCUT2D eigenvalue weighted by molar-refractivity contribution is 5.03. The molecule has 0 atom stereocenters. The molecule has 0 unspecified atom stereocenters. The SMILES string of the molecule is CC(C)(CO)NCc1ccc[nH]1. The summed E-state index contributed by atoms with van der Waals surface area (Å²) in [7, 11) is 0. The summed E-state index contributed by atoms with van der Waals surface area (Å²) in [6.45, 7) is 4.85. The Morgan fingerprint density at radius 3 is 2.83 bits per heavy atom. The fourth-order valence-electron chi connectivity index (χ4n) is 0.868. The zero-order chi connectivity index (χ0) is 9.03. The van der Waals surface area contributed by atoms with Gasteiger partial charge in [-0.05, 0) is 26.0 Å². The lowest BCUT2D eigenvalue weighted by atomic mass is 10.1. The normalized spacial score (nSPS) is 11.9. The second-order valence-electron chi connectivity index (χ2n) is 3.59. The number of aliphatic hydroxyl groups excluding tert-OH is 1. The predicted molar refractivity (Wildman–Crippen MR) is 48.8 cm³/mol. The van der Waals surface area contributed by atoms with Gasteiger partial charge in [-0.3, -0.25) is 0 Å². The standard InChI is InChI=1S/C9H16N2O/c1-9(2,7-12)11-6-8-4-3-5-10-8/h3-5,10-12H,6-7H2,1-2H3. The van der Waals surface area contributed by atoms with Crippen LogP contribution in [-0.4, -0.2) is 22.2 Å². The molecule has 0 saturated heterocycles. The summed E-state index contributed by atoms with van der Waals surface area (Å²) in [6, 6.07) is 3.98. The van der Waals surface area contributed by atoms with Crippen LogP contribution in [0.4, 0.5) is 0 Å². The van der Waals surface area contributed by atoms with Gasteiger partial charge in [0.05, 0.1) is 6.61 Å². The lowest BCUT2D eigenvalue weighted by Gasteiger charge is -2.22. The predicted octanol–water partition coefficient (Wildman–Crippen LogP) is 0.875. The van der Waals surface area contributed by atoms with Crippen molar-refractivity contribution in [1.82, 2.24) is 10.3 Å². The number of aromatic amines is 1. The van der Waals surface area contributed by atoms with Crippen molar-refractivity contribution >= 4 is 0 Å². The molecule has 0 bridgehead atoms. The van der Waals surface area contributed by atoms with Crippen LogP contribution >= 0.6 is 0 Å². The monoisotopic (exact) mass is 168 g/mol. The van der Waals surface area contributed by atoms with Crippen molar-refractivity contribution < 1.29 is 5.11 Å². The van der Waals surface area contributed by atoms with Crippen molar-refractivity contribution in [2.75, 3.05) is 6.61 Å². The number of hydrogen-bond acceptors (Lipinski definition) is 2. The zero-order valence-electron chi connectivity index (χ0n) is 7.59. The molecular formula is C9H16N2O. The highest BCUT2D eigenvalue weighted by Gasteiger charge is 2.14. The Labute approximate surface area is 72.8 Å². The lowest BCUT2D eigenvalue weighted by molar-refractivity contribution is 0.187. The van der Waals surface area contributed by atoms with Gasteiger partial charge in [-0.25, -0.2) is 0 Å². The summed E-state index contributed by atoms with van der Waals surface area (Å²) < 4.78 is 0. The number of aromatic nitrogens is 1. The minimum Gasteiger partial charge on any atom is -0.394 e. The molecule has 12 heavy (non-hydrogen) atoms. The van der Waals surface area contributed by atoms with Crippen molar-refractivity contribution in [1.29, 1.82) is 0 Å². The first-order valence-corrected chi connectivity index (χ1v) is 4.12. The summed E-state index contributed by atoms with van der Waals surface area (Å²) in [6.07, 6.45) is 1.89. The van der Waals surface area contributed by atoms with Gasteiger partial charge in [-0.2, -0.15) is 0 Å². The first kappa shape index (κ1) is 9.29. The Kier molecular flexibility index (Phi) is 2.89. The second-order valence-corrected chi connectivity index (χ2v) is 3.59. The van der Waals surface area contributed by atoms with Crippen molar-refractivity contribution in [3.63, 3.8) is 0 Å². The topological polar surface area (TPSA) is 48.0 Å². The van der Waals surface area contributed by atoms with E-state index in [-0.39, 0.29) is 12.1 Å². The van der Waals surface area contributed by atoms with E-state index < -0.39 is 0 Å². The molecule has 0 fully saturated rings. The van der Waals surface area contributed by atoms with Crippen LogP contribution in [0.25, 0.3) is 0 Å². The van der Waals surface area contributed by atoms with E-state index in [1.807, 2.05) is 32.2 Å². The summed E-state index contributed by atoms with van der Waals surface area (Å²) in [5, 5.41) is 12.2. The molecule has 0 radical (unpaired) electrons. The van der Waals surface area contributed by atoms with Crippen molar-refractivity contribution in [2.24, 2.45) is 0 Å². The van der Waals surface area contributed by atoms with Crippen LogP contribution in [0.15, 0.2) is 18.3 Å². The molecule has 0 aliphatic heterocycles. The van der Waals surface area contributed by atoms with Crippen LogP contribution in [0, 0.1) is 0 Å². The third kappa shape index (κ3) is 2.68. The maximum absolute atomic E-state index is 8.95. The third-order valence-corrected chi connectivity index (χ3v) is 1.82. The van der Waals surface area contributed by atoms with Crippen molar-refractivity contribution in [3.8, 4) is 0 Å². The smallest absolute Gasteiger partial charge is 0.0607 e. The van der Waals surface area contributed by atoms with Gasteiger partial charge in [0.2, 0.25) is 0 Å². The Morgan fingerprint density at radius 2 is 2.33 bits per heavy atom. The molecule has 1 aromatic heterocycles. The largest absolute Gasteiger partial charge is 0.394 e.